The smallest absolute Gasteiger partial charge is 0.271 e. The van der Waals surface area contributed by atoms with Crippen molar-refractivity contribution in [2.45, 2.75) is 19.4 Å². The maximum absolute atomic E-state index is 13.2. The molecule has 2 aliphatic heterocycles. The molecule has 198 valence electrons. The van der Waals surface area contributed by atoms with Crippen molar-refractivity contribution in [2.24, 2.45) is 5.92 Å². The van der Waals surface area contributed by atoms with Crippen LogP contribution < -0.4 is 15.4 Å². The minimum Gasteiger partial charge on any atom is -0.475 e. The van der Waals surface area contributed by atoms with E-state index < -0.39 is 0 Å². The van der Waals surface area contributed by atoms with Gasteiger partial charge in [-0.25, -0.2) is 14.8 Å². The van der Waals surface area contributed by atoms with Crippen LogP contribution in [0.5, 0.6) is 5.88 Å². The van der Waals surface area contributed by atoms with Crippen molar-refractivity contribution in [1.82, 2.24) is 29.9 Å². The van der Waals surface area contributed by atoms with Gasteiger partial charge in [0.25, 0.3) is 11.8 Å². The zero-order chi connectivity index (χ0) is 26.9. The largest absolute Gasteiger partial charge is 0.475 e. The fourth-order valence-electron chi connectivity index (χ4n) is 5.21. The second-order valence-electron chi connectivity index (χ2n) is 10.5. The zero-order valence-electron chi connectivity index (χ0n) is 22.1. The number of likely N-dealkylation sites (N-methyl/N-ethyl adjacent to an activating group) is 1. The van der Waals surface area contributed by atoms with Crippen molar-refractivity contribution in [3.05, 3.63) is 77.4 Å². The van der Waals surface area contributed by atoms with Gasteiger partial charge in [0, 0.05) is 37.3 Å². The standard InChI is InChI=1S/C30H31N7O2/c1-19-4-6-22(7-5-19)27-26(21-8-10-23(31-2)11-9-21)35-30(39-18-20-12-13-32-14-20)28-34-25(17-37(27)28)29(38)33-24-15-36(3)16-24/h4-11,17,20,24,32H,12-16,18H2,1,3H3,(H,33,38)/t20-/m1/s1. The topological polar surface area (TPSA) is 88.1 Å². The summed E-state index contributed by atoms with van der Waals surface area (Å²) in [7, 11) is 2.03. The molecule has 0 aliphatic carbocycles. The number of carbonyl (C=O) groups excluding carboxylic acids is 1. The number of rotatable bonds is 7. The second-order valence-corrected chi connectivity index (χ2v) is 10.5. The number of nitrogens with zero attached hydrogens (tertiary/aromatic N) is 5. The van der Waals surface area contributed by atoms with E-state index in [1.54, 1.807) is 18.3 Å². The fourth-order valence-corrected chi connectivity index (χ4v) is 5.21. The Morgan fingerprint density at radius 3 is 2.54 bits per heavy atom. The first-order chi connectivity index (χ1) is 19.0. The maximum Gasteiger partial charge on any atom is 0.271 e. The molecule has 2 N–H and O–H groups in total. The molecule has 9 heteroatoms. The molecule has 2 saturated heterocycles. The molecule has 4 heterocycles. The van der Waals surface area contributed by atoms with Crippen LogP contribution in [-0.2, 0) is 0 Å². The SMILES string of the molecule is [C-]#[N+]c1ccc(-c2nc(OC[C@@H]3CCNC3)c3nc(C(=O)NC4CN(C)C4)cn3c2-c2ccc(C)cc2)cc1. The Morgan fingerprint density at radius 2 is 1.87 bits per heavy atom. The summed E-state index contributed by atoms with van der Waals surface area (Å²) in [5.74, 6) is 0.573. The first-order valence-electron chi connectivity index (χ1n) is 13.3. The normalized spacial score (nSPS) is 17.6. The molecule has 2 aliphatic rings. The molecule has 9 nitrogen and oxygen atoms in total. The zero-order valence-corrected chi connectivity index (χ0v) is 22.1. The van der Waals surface area contributed by atoms with E-state index in [1.165, 1.54) is 0 Å². The highest BCUT2D eigenvalue weighted by Gasteiger charge is 2.28. The van der Waals surface area contributed by atoms with Crippen molar-refractivity contribution in [1.29, 1.82) is 0 Å². The van der Waals surface area contributed by atoms with Crippen molar-refractivity contribution in [3.8, 4) is 28.4 Å². The van der Waals surface area contributed by atoms with Crippen LogP contribution in [0.3, 0.4) is 0 Å². The monoisotopic (exact) mass is 521 g/mol. The third-order valence-electron chi connectivity index (χ3n) is 7.42. The number of aromatic nitrogens is 3. The Labute approximate surface area is 227 Å². The lowest BCUT2D eigenvalue weighted by Gasteiger charge is -2.36. The van der Waals surface area contributed by atoms with Gasteiger partial charge in [-0.2, -0.15) is 0 Å². The molecule has 2 aromatic heterocycles. The number of nitrogens with one attached hydrogen (secondary N) is 2. The summed E-state index contributed by atoms with van der Waals surface area (Å²) in [6, 6.07) is 15.7. The Morgan fingerprint density at radius 1 is 1.13 bits per heavy atom. The molecular weight excluding hydrogens is 490 g/mol. The fraction of sp³-hybridized carbons (Fsp3) is 0.333. The first kappa shape index (κ1) is 25.0. The summed E-state index contributed by atoms with van der Waals surface area (Å²) < 4.78 is 8.25. The van der Waals surface area contributed by atoms with E-state index in [0.717, 1.165) is 55.0 Å². The third kappa shape index (κ3) is 5.09. The summed E-state index contributed by atoms with van der Waals surface area (Å²) in [5, 5.41) is 6.47. The van der Waals surface area contributed by atoms with Gasteiger partial charge in [-0.3, -0.25) is 9.20 Å². The molecular formula is C30H31N7O2. The van der Waals surface area contributed by atoms with E-state index in [1.807, 2.05) is 30.5 Å². The van der Waals surface area contributed by atoms with E-state index in [-0.39, 0.29) is 11.9 Å². The van der Waals surface area contributed by atoms with Gasteiger partial charge in [0.2, 0.25) is 5.65 Å². The summed E-state index contributed by atoms with van der Waals surface area (Å²) in [6.45, 7) is 13.4. The third-order valence-corrected chi connectivity index (χ3v) is 7.42. The summed E-state index contributed by atoms with van der Waals surface area (Å²) >= 11 is 0. The van der Waals surface area contributed by atoms with E-state index >= 15 is 0 Å². The number of carbonyl (C=O) groups is 1. The second kappa shape index (κ2) is 10.5. The van der Waals surface area contributed by atoms with Gasteiger partial charge in [0.05, 0.1) is 30.6 Å². The predicted molar refractivity (Wildman–Crippen MR) is 150 cm³/mol. The molecule has 0 unspecified atom stereocenters. The number of amides is 1. The van der Waals surface area contributed by atoms with Gasteiger partial charge in [0.1, 0.15) is 5.69 Å². The van der Waals surface area contributed by atoms with E-state index in [0.29, 0.717) is 41.1 Å². The van der Waals surface area contributed by atoms with E-state index in [4.69, 9.17) is 21.3 Å². The van der Waals surface area contributed by atoms with Gasteiger partial charge >= 0.3 is 0 Å². The Hall–Kier alpha value is -4.26. The maximum atomic E-state index is 13.2. The number of benzene rings is 2. The number of likely N-dealkylation sites (tertiary alicyclic amines) is 1. The molecule has 1 amide bonds. The van der Waals surface area contributed by atoms with Crippen LogP contribution in [0.15, 0.2) is 54.7 Å². The number of ether oxygens (including phenoxy) is 1. The Balaban J connectivity index is 1.50. The van der Waals surface area contributed by atoms with E-state index in [9.17, 15) is 4.79 Å². The molecule has 0 bridgehead atoms. The van der Waals surface area contributed by atoms with Gasteiger partial charge in [-0.15, -0.1) is 0 Å². The average Bonchev–Trinajstić information content (AvgIpc) is 3.62. The van der Waals surface area contributed by atoms with Crippen LogP contribution in [0, 0.1) is 19.4 Å². The van der Waals surface area contributed by atoms with Crippen LogP contribution in [-0.4, -0.2) is 71.1 Å². The van der Waals surface area contributed by atoms with Crippen molar-refractivity contribution >= 4 is 17.2 Å². The van der Waals surface area contributed by atoms with Crippen LogP contribution in [0.25, 0.3) is 33.0 Å². The summed E-state index contributed by atoms with van der Waals surface area (Å²) in [5.41, 5.74) is 5.85. The summed E-state index contributed by atoms with van der Waals surface area (Å²) in [4.78, 5) is 28.7. The lowest BCUT2D eigenvalue weighted by atomic mass is 10.0. The minimum absolute atomic E-state index is 0.115. The highest BCUT2D eigenvalue weighted by molar-refractivity contribution is 5.94. The van der Waals surface area contributed by atoms with E-state index in [2.05, 4.69) is 44.6 Å². The lowest BCUT2D eigenvalue weighted by molar-refractivity contribution is 0.0853. The van der Waals surface area contributed by atoms with Crippen LogP contribution in [0.4, 0.5) is 5.69 Å². The van der Waals surface area contributed by atoms with Crippen molar-refractivity contribution in [3.63, 3.8) is 0 Å². The lowest BCUT2D eigenvalue weighted by Crippen LogP contribution is -2.57. The molecule has 4 aromatic rings. The van der Waals surface area contributed by atoms with Gasteiger partial charge in [-0.05, 0) is 32.5 Å². The molecule has 0 spiro atoms. The number of fused-ring (bicyclic) bond motifs is 1. The summed E-state index contributed by atoms with van der Waals surface area (Å²) in [6.07, 6.45) is 2.82. The van der Waals surface area contributed by atoms with Crippen molar-refractivity contribution in [2.75, 3.05) is 39.8 Å². The first-order valence-corrected chi connectivity index (χ1v) is 13.3. The van der Waals surface area contributed by atoms with Gasteiger partial charge < -0.3 is 20.3 Å². The van der Waals surface area contributed by atoms with Crippen LogP contribution in [0.2, 0.25) is 0 Å². The predicted octanol–water partition coefficient (Wildman–Crippen LogP) is 3.95. The van der Waals surface area contributed by atoms with Crippen molar-refractivity contribution < 1.29 is 9.53 Å². The highest BCUT2D eigenvalue weighted by atomic mass is 16.5. The van der Waals surface area contributed by atoms with Crippen LogP contribution >= 0.6 is 0 Å². The van der Waals surface area contributed by atoms with Gasteiger partial charge in [-0.1, -0.05) is 54.1 Å². The quantitative estimate of drug-likeness (QED) is 0.358. The molecule has 2 fully saturated rings. The molecule has 1 atom stereocenters. The Bertz CT molecular complexity index is 1540. The number of aryl methyl sites for hydroxylation is 1. The molecule has 6 rings (SSSR count). The number of hydrogen-bond donors (Lipinski definition) is 2. The molecule has 39 heavy (non-hydrogen) atoms. The molecule has 2 aromatic carbocycles. The highest BCUT2D eigenvalue weighted by Crippen LogP contribution is 2.36. The van der Waals surface area contributed by atoms with Crippen LogP contribution in [0.1, 0.15) is 22.5 Å². The molecule has 0 radical (unpaired) electrons. The Kier molecular flexibility index (Phi) is 6.73. The molecule has 0 saturated carbocycles. The number of imidazole rings is 1. The minimum atomic E-state index is -0.208. The van der Waals surface area contributed by atoms with Gasteiger partial charge in [0.15, 0.2) is 5.69 Å². The average molecular weight is 522 g/mol. The number of hydrogen-bond acceptors (Lipinski definition) is 6.